The first kappa shape index (κ1) is 13.9. The molecule has 2 heteroatoms. The van der Waals surface area contributed by atoms with Crippen LogP contribution in [-0.4, -0.2) is 12.9 Å². The van der Waals surface area contributed by atoms with Crippen molar-refractivity contribution in [3.8, 4) is 5.75 Å². The van der Waals surface area contributed by atoms with Crippen LogP contribution >= 0.6 is 0 Å². The normalized spacial score (nSPS) is 16.0. The van der Waals surface area contributed by atoms with Crippen molar-refractivity contribution in [2.75, 3.05) is 7.11 Å². The summed E-state index contributed by atoms with van der Waals surface area (Å²) >= 11 is 0. The molecule has 0 aromatic heterocycles. The van der Waals surface area contributed by atoms with Gasteiger partial charge in [-0.3, -0.25) is 4.79 Å². The quantitative estimate of drug-likeness (QED) is 0.801. The maximum Gasteiger partial charge on any atom is 0.133 e. The Morgan fingerprint density at radius 3 is 2.62 bits per heavy atom. The molecule has 0 amide bonds. The van der Waals surface area contributed by atoms with E-state index in [2.05, 4.69) is 24.3 Å². The molecule has 2 aromatic carbocycles. The van der Waals surface area contributed by atoms with Crippen LogP contribution in [0.4, 0.5) is 0 Å². The predicted octanol–water partition coefficient (Wildman–Crippen LogP) is 3.93. The first-order valence-electron chi connectivity index (χ1n) is 7.48. The minimum absolute atomic E-state index is 0.366. The van der Waals surface area contributed by atoms with Crippen molar-refractivity contribution in [1.29, 1.82) is 0 Å². The van der Waals surface area contributed by atoms with E-state index in [-0.39, 0.29) is 0 Å². The van der Waals surface area contributed by atoms with Crippen molar-refractivity contribution in [2.24, 2.45) is 0 Å². The van der Waals surface area contributed by atoms with Crippen LogP contribution in [-0.2, 0) is 17.6 Å². The Hall–Kier alpha value is -2.09. The highest BCUT2D eigenvalue weighted by atomic mass is 16.5. The van der Waals surface area contributed by atoms with Crippen LogP contribution in [0.15, 0.2) is 48.5 Å². The molecule has 2 nitrogen and oxygen atoms in total. The molecule has 0 radical (unpaired) electrons. The first-order valence-corrected chi connectivity index (χ1v) is 7.48. The molecular weight excluding hydrogens is 260 g/mol. The fourth-order valence-electron chi connectivity index (χ4n) is 3.00. The number of carbonyl (C=O) groups is 1. The molecule has 108 valence electrons. The van der Waals surface area contributed by atoms with Gasteiger partial charge in [0, 0.05) is 12.8 Å². The van der Waals surface area contributed by atoms with Crippen LogP contribution in [0.3, 0.4) is 0 Å². The van der Waals surface area contributed by atoms with E-state index >= 15 is 0 Å². The molecule has 3 rings (SSSR count). The van der Waals surface area contributed by atoms with Gasteiger partial charge in [-0.05, 0) is 47.6 Å². The minimum Gasteiger partial charge on any atom is -0.497 e. The molecule has 1 unspecified atom stereocenters. The lowest BCUT2D eigenvalue weighted by molar-refractivity contribution is -0.119. The molecule has 0 saturated heterocycles. The van der Waals surface area contributed by atoms with Gasteiger partial charge in [0.1, 0.15) is 11.5 Å². The Kier molecular flexibility index (Phi) is 4.05. The number of hydrogen-bond donors (Lipinski definition) is 0. The number of ketones is 1. The van der Waals surface area contributed by atoms with Crippen LogP contribution in [0.1, 0.15) is 35.4 Å². The number of ether oxygens (including phenoxy) is 1. The Bertz CT molecular complexity index is 628. The number of hydrogen-bond acceptors (Lipinski definition) is 2. The van der Waals surface area contributed by atoms with Gasteiger partial charge in [0.25, 0.3) is 0 Å². The lowest BCUT2D eigenvalue weighted by Crippen LogP contribution is -2.20. The van der Waals surface area contributed by atoms with Gasteiger partial charge in [0.2, 0.25) is 0 Å². The first-order chi connectivity index (χ1) is 10.3. The molecule has 0 heterocycles. The Labute approximate surface area is 125 Å². The minimum atomic E-state index is 0.366. The number of benzene rings is 2. The van der Waals surface area contributed by atoms with Crippen molar-refractivity contribution in [3.63, 3.8) is 0 Å². The highest BCUT2D eigenvalue weighted by molar-refractivity contribution is 5.80. The summed E-state index contributed by atoms with van der Waals surface area (Å²) in [4.78, 5) is 12.1. The summed E-state index contributed by atoms with van der Waals surface area (Å²) in [7, 11) is 1.66. The van der Waals surface area contributed by atoms with E-state index in [0.717, 1.165) is 18.6 Å². The van der Waals surface area contributed by atoms with E-state index in [4.69, 9.17) is 4.74 Å². The van der Waals surface area contributed by atoms with Crippen LogP contribution in [0, 0.1) is 0 Å². The molecule has 1 aliphatic carbocycles. The second-order valence-corrected chi connectivity index (χ2v) is 5.69. The molecule has 21 heavy (non-hydrogen) atoms. The van der Waals surface area contributed by atoms with E-state index in [9.17, 15) is 4.79 Å². The summed E-state index contributed by atoms with van der Waals surface area (Å²) in [5.41, 5.74) is 3.97. The highest BCUT2D eigenvalue weighted by Gasteiger charge is 2.26. The molecule has 0 fully saturated rings. The molecule has 0 saturated carbocycles. The van der Waals surface area contributed by atoms with Crippen LogP contribution in [0.2, 0.25) is 0 Å². The number of carbonyl (C=O) groups excluding carboxylic acids is 1. The zero-order valence-electron chi connectivity index (χ0n) is 12.3. The van der Waals surface area contributed by atoms with Gasteiger partial charge in [-0.25, -0.2) is 0 Å². The average Bonchev–Trinajstić information content (AvgIpc) is 2.51. The maximum atomic E-state index is 12.1. The summed E-state index contributed by atoms with van der Waals surface area (Å²) < 4.78 is 5.14. The lowest BCUT2D eigenvalue weighted by atomic mass is 9.75. The molecule has 0 aliphatic heterocycles. The SMILES string of the molecule is COc1ccc(CCC(=O)CC2Cc3ccccc32)cc1. The average molecular weight is 280 g/mol. The fraction of sp³-hybridized carbons (Fsp3) is 0.316. The molecule has 2 aromatic rings. The number of Topliss-reactive ketones (excluding diaryl/α,β-unsaturated/α-hetero) is 1. The predicted molar refractivity (Wildman–Crippen MR) is 83.8 cm³/mol. The highest BCUT2D eigenvalue weighted by Crippen LogP contribution is 2.37. The third-order valence-electron chi connectivity index (χ3n) is 4.29. The molecular formula is C19H20O2. The summed E-state index contributed by atoms with van der Waals surface area (Å²) in [6.07, 6.45) is 3.19. The number of aryl methyl sites for hydroxylation is 1. The van der Waals surface area contributed by atoms with Gasteiger partial charge >= 0.3 is 0 Å². The largest absolute Gasteiger partial charge is 0.497 e. The van der Waals surface area contributed by atoms with E-state index in [0.29, 0.717) is 24.5 Å². The number of rotatable bonds is 6. The standard InChI is InChI=1S/C19H20O2/c1-21-18-10-7-14(8-11-18)6-9-17(20)13-16-12-15-4-2-3-5-19(15)16/h2-5,7-8,10-11,16H,6,9,12-13H2,1H3. The summed E-state index contributed by atoms with van der Waals surface area (Å²) in [6, 6.07) is 16.4. The van der Waals surface area contributed by atoms with Gasteiger partial charge in [-0.15, -0.1) is 0 Å². The van der Waals surface area contributed by atoms with Crippen molar-refractivity contribution in [3.05, 3.63) is 65.2 Å². The monoisotopic (exact) mass is 280 g/mol. The van der Waals surface area contributed by atoms with E-state index < -0.39 is 0 Å². The summed E-state index contributed by atoms with van der Waals surface area (Å²) in [5, 5.41) is 0. The second kappa shape index (κ2) is 6.13. The smallest absolute Gasteiger partial charge is 0.133 e. The summed E-state index contributed by atoms with van der Waals surface area (Å²) in [5.74, 6) is 1.67. The van der Waals surface area contributed by atoms with Gasteiger partial charge in [0.15, 0.2) is 0 Å². The van der Waals surface area contributed by atoms with Gasteiger partial charge in [-0.2, -0.15) is 0 Å². The Morgan fingerprint density at radius 2 is 1.90 bits per heavy atom. The topological polar surface area (TPSA) is 26.3 Å². The zero-order chi connectivity index (χ0) is 14.7. The zero-order valence-corrected chi connectivity index (χ0v) is 12.3. The van der Waals surface area contributed by atoms with E-state index in [1.807, 2.05) is 24.3 Å². The third-order valence-corrected chi connectivity index (χ3v) is 4.29. The van der Waals surface area contributed by atoms with Crippen molar-refractivity contribution in [2.45, 2.75) is 31.6 Å². The van der Waals surface area contributed by atoms with Crippen LogP contribution in [0.25, 0.3) is 0 Å². The van der Waals surface area contributed by atoms with E-state index in [1.165, 1.54) is 16.7 Å². The fourth-order valence-corrected chi connectivity index (χ4v) is 3.00. The number of methoxy groups -OCH3 is 1. The molecule has 1 aliphatic rings. The second-order valence-electron chi connectivity index (χ2n) is 5.69. The van der Waals surface area contributed by atoms with Crippen molar-refractivity contribution >= 4 is 5.78 Å². The van der Waals surface area contributed by atoms with Crippen molar-refractivity contribution in [1.82, 2.24) is 0 Å². The lowest BCUT2D eigenvalue weighted by Gasteiger charge is -2.29. The van der Waals surface area contributed by atoms with Gasteiger partial charge in [0.05, 0.1) is 7.11 Å². The third kappa shape index (κ3) is 3.15. The molecule has 0 spiro atoms. The molecule has 1 atom stereocenters. The van der Waals surface area contributed by atoms with Gasteiger partial charge in [-0.1, -0.05) is 36.4 Å². The molecule has 0 bridgehead atoms. The van der Waals surface area contributed by atoms with Crippen molar-refractivity contribution < 1.29 is 9.53 Å². The number of fused-ring (bicyclic) bond motifs is 1. The Balaban J connectivity index is 1.49. The summed E-state index contributed by atoms with van der Waals surface area (Å²) in [6.45, 7) is 0. The maximum absolute atomic E-state index is 12.1. The van der Waals surface area contributed by atoms with Crippen LogP contribution in [0.5, 0.6) is 5.75 Å². The van der Waals surface area contributed by atoms with Gasteiger partial charge < -0.3 is 4.74 Å². The van der Waals surface area contributed by atoms with Crippen LogP contribution < -0.4 is 4.74 Å². The Morgan fingerprint density at radius 1 is 1.14 bits per heavy atom. The van der Waals surface area contributed by atoms with E-state index in [1.54, 1.807) is 7.11 Å². The molecule has 0 N–H and O–H groups in total.